The van der Waals surface area contributed by atoms with E-state index in [1.165, 1.54) is 5.57 Å². The van der Waals surface area contributed by atoms with Crippen LogP contribution in [0.4, 0.5) is 0 Å². The van der Waals surface area contributed by atoms with Crippen LogP contribution in [0.25, 0.3) is 0 Å². The molecule has 0 unspecified atom stereocenters. The number of hydrogen-bond donors (Lipinski definition) is 4. The van der Waals surface area contributed by atoms with E-state index in [1.54, 1.807) is 6.08 Å². The largest absolute Gasteiger partial charge is 0.481 e. The highest BCUT2D eigenvalue weighted by Gasteiger charge is 2.39. The van der Waals surface area contributed by atoms with Gasteiger partial charge in [0.1, 0.15) is 0 Å². The fourth-order valence-electron chi connectivity index (χ4n) is 3.34. The van der Waals surface area contributed by atoms with E-state index in [-0.39, 0.29) is 18.3 Å². The quantitative estimate of drug-likeness (QED) is 0.332. The Kier molecular flexibility index (Phi) is 10.5. The van der Waals surface area contributed by atoms with E-state index in [0.29, 0.717) is 32.1 Å². The number of carbonyl (C=O) groups is 1. The van der Waals surface area contributed by atoms with Crippen molar-refractivity contribution < 1.29 is 25.2 Å². The van der Waals surface area contributed by atoms with Gasteiger partial charge in [0.15, 0.2) is 0 Å². The maximum Gasteiger partial charge on any atom is 0.303 e. The SMILES string of the molecule is CC(C)=CCC[C@H](O)/C=C/[C@H]1[C@@H](C/C=C\CCCC(=O)O)[C@@H](O)C[C@H]1O. The number of aliphatic carboxylic acids is 1. The van der Waals surface area contributed by atoms with Crippen LogP contribution in [0.1, 0.15) is 58.8 Å². The predicted octanol–water partition coefficient (Wildman–Crippen LogP) is 3.21. The molecule has 1 fully saturated rings. The number of aliphatic hydroxyl groups is 3. The standard InChI is InChI=1S/C21H34O5/c1-15(2)8-7-9-16(22)12-13-18-17(19(23)14-20(18)24)10-5-3-4-6-11-21(25)26/h3,5,8,12-13,16-20,22-24H,4,6-7,9-11,14H2,1-2H3,(H,25,26)/b5-3-,13-12+/t16-,17+,18-,19-,20+/m0/s1. The molecule has 0 aromatic heterocycles. The maximum absolute atomic E-state index is 10.5. The smallest absolute Gasteiger partial charge is 0.303 e. The zero-order valence-corrected chi connectivity index (χ0v) is 15.9. The fraction of sp³-hybridized carbons (Fsp3) is 0.667. The Balaban J connectivity index is 2.50. The van der Waals surface area contributed by atoms with Gasteiger partial charge in [-0.1, -0.05) is 36.0 Å². The second-order valence-corrected chi connectivity index (χ2v) is 7.42. The highest BCUT2D eigenvalue weighted by Crippen LogP contribution is 2.36. The molecule has 0 radical (unpaired) electrons. The van der Waals surface area contributed by atoms with Crippen molar-refractivity contribution in [2.45, 2.75) is 77.1 Å². The third-order valence-corrected chi connectivity index (χ3v) is 4.82. The molecular weight excluding hydrogens is 332 g/mol. The highest BCUT2D eigenvalue weighted by atomic mass is 16.4. The molecule has 0 saturated heterocycles. The van der Waals surface area contributed by atoms with E-state index in [1.807, 2.05) is 32.1 Å². The summed E-state index contributed by atoms with van der Waals surface area (Å²) >= 11 is 0. The molecule has 5 heteroatoms. The van der Waals surface area contributed by atoms with Crippen molar-refractivity contribution in [3.63, 3.8) is 0 Å². The number of unbranched alkanes of at least 4 members (excludes halogenated alkanes) is 1. The van der Waals surface area contributed by atoms with E-state index in [0.717, 1.165) is 6.42 Å². The molecule has 0 heterocycles. The Labute approximate surface area is 156 Å². The first kappa shape index (κ1) is 22.6. The lowest BCUT2D eigenvalue weighted by Crippen LogP contribution is -2.20. The van der Waals surface area contributed by atoms with Crippen LogP contribution in [0.15, 0.2) is 36.0 Å². The van der Waals surface area contributed by atoms with Gasteiger partial charge >= 0.3 is 5.97 Å². The van der Waals surface area contributed by atoms with Crippen LogP contribution in [0.3, 0.4) is 0 Å². The lowest BCUT2D eigenvalue weighted by molar-refractivity contribution is -0.137. The Morgan fingerprint density at radius 1 is 1.15 bits per heavy atom. The molecule has 1 aliphatic rings. The molecule has 1 aliphatic carbocycles. The van der Waals surface area contributed by atoms with Gasteiger partial charge in [-0.3, -0.25) is 4.79 Å². The highest BCUT2D eigenvalue weighted by molar-refractivity contribution is 5.66. The van der Waals surface area contributed by atoms with Crippen LogP contribution in [0, 0.1) is 11.8 Å². The second kappa shape index (κ2) is 12.0. The van der Waals surface area contributed by atoms with Crippen molar-refractivity contribution in [2.75, 3.05) is 0 Å². The van der Waals surface area contributed by atoms with Crippen molar-refractivity contribution in [3.8, 4) is 0 Å². The first-order valence-electron chi connectivity index (χ1n) is 9.54. The van der Waals surface area contributed by atoms with Gasteiger partial charge in [0.05, 0.1) is 18.3 Å². The van der Waals surface area contributed by atoms with Gasteiger partial charge < -0.3 is 20.4 Å². The fourth-order valence-corrected chi connectivity index (χ4v) is 3.34. The minimum absolute atomic E-state index is 0.0815. The van der Waals surface area contributed by atoms with Gasteiger partial charge in [-0.05, 0) is 51.9 Å². The molecule has 1 saturated carbocycles. The van der Waals surface area contributed by atoms with Crippen molar-refractivity contribution in [1.82, 2.24) is 0 Å². The van der Waals surface area contributed by atoms with Crippen LogP contribution in [0.2, 0.25) is 0 Å². The van der Waals surface area contributed by atoms with E-state index < -0.39 is 24.3 Å². The van der Waals surface area contributed by atoms with Gasteiger partial charge in [-0.15, -0.1) is 0 Å². The van der Waals surface area contributed by atoms with Crippen LogP contribution in [-0.4, -0.2) is 44.7 Å². The zero-order valence-electron chi connectivity index (χ0n) is 15.9. The maximum atomic E-state index is 10.5. The lowest BCUT2D eigenvalue weighted by Gasteiger charge is -2.19. The number of rotatable bonds is 11. The van der Waals surface area contributed by atoms with E-state index >= 15 is 0 Å². The molecule has 0 spiro atoms. The Bertz CT molecular complexity index is 505. The number of carboxylic acids is 1. The van der Waals surface area contributed by atoms with Crippen molar-refractivity contribution in [2.24, 2.45) is 11.8 Å². The van der Waals surface area contributed by atoms with Crippen molar-refractivity contribution in [3.05, 3.63) is 36.0 Å². The Morgan fingerprint density at radius 3 is 2.54 bits per heavy atom. The molecule has 0 aromatic carbocycles. The minimum Gasteiger partial charge on any atom is -0.481 e. The first-order valence-corrected chi connectivity index (χ1v) is 9.54. The number of allylic oxidation sites excluding steroid dienone is 4. The molecule has 26 heavy (non-hydrogen) atoms. The third-order valence-electron chi connectivity index (χ3n) is 4.82. The van der Waals surface area contributed by atoms with Crippen molar-refractivity contribution in [1.29, 1.82) is 0 Å². The molecular formula is C21H34O5. The number of aliphatic hydroxyl groups excluding tert-OH is 3. The second-order valence-electron chi connectivity index (χ2n) is 7.42. The van der Waals surface area contributed by atoms with Gasteiger partial charge in [-0.2, -0.15) is 0 Å². The summed E-state index contributed by atoms with van der Waals surface area (Å²) in [6.45, 7) is 4.05. The van der Waals surface area contributed by atoms with Crippen LogP contribution in [0.5, 0.6) is 0 Å². The average molecular weight is 366 g/mol. The first-order chi connectivity index (χ1) is 12.3. The summed E-state index contributed by atoms with van der Waals surface area (Å²) in [5.74, 6) is -1.05. The molecule has 1 rings (SSSR count). The lowest BCUT2D eigenvalue weighted by atomic mass is 9.89. The predicted molar refractivity (Wildman–Crippen MR) is 103 cm³/mol. The Morgan fingerprint density at radius 2 is 1.88 bits per heavy atom. The minimum atomic E-state index is -0.791. The monoisotopic (exact) mass is 366 g/mol. The molecule has 0 aliphatic heterocycles. The van der Waals surface area contributed by atoms with Gasteiger partial charge in [0, 0.05) is 18.8 Å². The van der Waals surface area contributed by atoms with Crippen LogP contribution < -0.4 is 0 Å². The average Bonchev–Trinajstić information content (AvgIpc) is 2.81. The summed E-state index contributed by atoms with van der Waals surface area (Å²) < 4.78 is 0. The summed E-state index contributed by atoms with van der Waals surface area (Å²) in [4.78, 5) is 10.5. The summed E-state index contributed by atoms with van der Waals surface area (Å²) in [6.07, 6.45) is 11.7. The van der Waals surface area contributed by atoms with E-state index in [2.05, 4.69) is 6.08 Å². The van der Waals surface area contributed by atoms with Crippen LogP contribution >= 0.6 is 0 Å². The van der Waals surface area contributed by atoms with Crippen molar-refractivity contribution >= 4 is 5.97 Å². The van der Waals surface area contributed by atoms with Crippen LogP contribution in [-0.2, 0) is 4.79 Å². The molecule has 0 amide bonds. The van der Waals surface area contributed by atoms with Gasteiger partial charge in [0.25, 0.3) is 0 Å². The molecule has 148 valence electrons. The summed E-state index contributed by atoms with van der Waals surface area (Å²) in [7, 11) is 0. The zero-order chi connectivity index (χ0) is 19.5. The Hall–Kier alpha value is -1.43. The van der Waals surface area contributed by atoms with Gasteiger partial charge in [0.2, 0.25) is 0 Å². The summed E-state index contributed by atoms with van der Waals surface area (Å²) in [5.41, 5.74) is 1.23. The normalized spacial score (nSPS) is 27.3. The molecule has 5 atom stereocenters. The topological polar surface area (TPSA) is 98.0 Å². The third kappa shape index (κ3) is 8.79. The summed E-state index contributed by atoms with van der Waals surface area (Å²) in [6, 6.07) is 0. The molecule has 0 bridgehead atoms. The summed E-state index contributed by atoms with van der Waals surface area (Å²) in [5, 5.41) is 39.1. The number of hydrogen-bond acceptors (Lipinski definition) is 4. The molecule has 4 N–H and O–H groups in total. The van der Waals surface area contributed by atoms with Gasteiger partial charge in [-0.25, -0.2) is 0 Å². The molecule has 5 nitrogen and oxygen atoms in total. The van der Waals surface area contributed by atoms with E-state index in [9.17, 15) is 20.1 Å². The number of carboxylic acid groups (broad SMARTS) is 1. The molecule has 0 aromatic rings. The van der Waals surface area contributed by atoms with E-state index in [4.69, 9.17) is 5.11 Å².